The van der Waals surface area contributed by atoms with Gasteiger partial charge in [0.2, 0.25) is 5.91 Å². The van der Waals surface area contributed by atoms with E-state index in [0.717, 1.165) is 79.4 Å². The van der Waals surface area contributed by atoms with E-state index in [1.54, 1.807) is 44.9 Å². The van der Waals surface area contributed by atoms with Crippen molar-refractivity contribution in [3.63, 3.8) is 0 Å². The fourth-order valence-electron chi connectivity index (χ4n) is 8.24. The smallest absolute Gasteiger partial charge is 0.329 e. The number of aryl methyl sites for hydroxylation is 1. The van der Waals surface area contributed by atoms with Crippen LogP contribution >= 0.6 is 0 Å². The lowest BCUT2D eigenvalue weighted by Gasteiger charge is -2.41. The van der Waals surface area contributed by atoms with E-state index in [1.807, 2.05) is 12.1 Å². The fraction of sp³-hybridized carbons (Fsp3) is 0.395. The number of aromatic nitrogens is 4. The highest BCUT2D eigenvalue weighted by molar-refractivity contribution is 6.09. The number of fused-ring (bicyclic) bond motifs is 2. The number of pyridine rings is 2. The number of ether oxygens (including phenoxy) is 1. The number of halogens is 1. The normalized spacial score (nSPS) is 18.2. The van der Waals surface area contributed by atoms with E-state index in [9.17, 15) is 14.4 Å². The van der Waals surface area contributed by atoms with Crippen molar-refractivity contribution < 1.29 is 18.7 Å². The molecule has 12 nitrogen and oxygen atoms in total. The Morgan fingerprint density at radius 1 is 0.922 bits per heavy atom. The zero-order chi connectivity index (χ0) is 35.2. The van der Waals surface area contributed by atoms with Crippen LogP contribution in [0.25, 0.3) is 32.8 Å². The summed E-state index contributed by atoms with van der Waals surface area (Å²) in [5.41, 5.74) is 3.82. The van der Waals surface area contributed by atoms with Crippen LogP contribution in [0.1, 0.15) is 37.7 Å². The van der Waals surface area contributed by atoms with Gasteiger partial charge in [-0.3, -0.25) is 34.8 Å². The number of nitrogens with zero attached hydrogens (tertiary/aromatic N) is 6. The molecule has 0 radical (unpaired) electrons. The summed E-state index contributed by atoms with van der Waals surface area (Å²) >= 11 is 0. The monoisotopic (exact) mass is 692 g/mol. The molecule has 3 aromatic heterocycles. The number of nitrogens with one attached hydrogen (secondary N) is 2. The minimum absolute atomic E-state index is 0.144. The molecule has 51 heavy (non-hydrogen) atoms. The molecule has 0 unspecified atom stereocenters. The van der Waals surface area contributed by atoms with Crippen molar-refractivity contribution in [3.05, 3.63) is 76.7 Å². The number of likely N-dealkylation sites (tertiary alicyclic amines) is 1. The third-order valence-corrected chi connectivity index (χ3v) is 11.1. The molecular formula is C38H41FN8O4. The second-order valence-electron chi connectivity index (χ2n) is 14.0. The minimum atomic E-state index is -0.441. The first-order chi connectivity index (χ1) is 24.8. The van der Waals surface area contributed by atoms with Gasteiger partial charge in [-0.25, -0.2) is 9.18 Å². The number of methoxy groups -OCH3 is 1. The Bertz CT molecular complexity index is 2200. The van der Waals surface area contributed by atoms with Crippen molar-refractivity contribution in [2.75, 3.05) is 49.6 Å². The molecule has 0 atom stereocenters. The van der Waals surface area contributed by atoms with Crippen LogP contribution in [0.15, 0.2) is 59.8 Å². The number of imide groups is 1. The molecule has 2 aromatic carbocycles. The molecule has 3 saturated heterocycles. The summed E-state index contributed by atoms with van der Waals surface area (Å²) in [6.45, 7) is 4.57. The second kappa shape index (κ2) is 13.4. The van der Waals surface area contributed by atoms with Crippen molar-refractivity contribution in [1.82, 2.24) is 30.0 Å². The van der Waals surface area contributed by atoms with Crippen molar-refractivity contribution in [2.24, 2.45) is 18.9 Å². The molecule has 5 aromatic rings. The quantitative estimate of drug-likeness (QED) is 0.238. The van der Waals surface area contributed by atoms with E-state index in [2.05, 4.69) is 42.4 Å². The van der Waals surface area contributed by atoms with E-state index >= 15 is 4.39 Å². The Balaban J connectivity index is 0.883. The molecule has 2 N–H and O–H groups in total. The van der Waals surface area contributed by atoms with Gasteiger partial charge in [0, 0.05) is 80.4 Å². The molecule has 3 aliphatic rings. The highest BCUT2D eigenvalue weighted by atomic mass is 19.1. The molecule has 3 fully saturated rings. The number of piperidine rings is 2. The Morgan fingerprint density at radius 2 is 1.69 bits per heavy atom. The predicted molar refractivity (Wildman–Crippen MR) is 193 cm³/mol. The lowest BCUT2D eigenvalue weighted by atomic mass is 9.78. The third-order valence-electron chi connectivity index (χ3n) is 11.1. The molecule has 8 rings (SSSR count). The van der Waals surface area contributed by atoms with Gasteiger partial charge in [0.15, 0.2) is 5.82 Å². The van der Waals surface area contributed by atoms with Crippen LogP contribution in [0.3, 0.4) is 0 Å². The zero-order valence-corrected chi connectivity index (χ0v) is 28.8. The Labute approximate surface area is 294 Å². The summed E-state index contributed by atoms with van der Waals surface area (Å²) in [6.07, 6.45) is 9.61. The summed E-state index contributed by atoms with van der Waals surface area (Å²) < 4.78 is 23.1. The highest BCUT2D eigenvalue weighted by Gasteiger charge is 2.31. The summed E-state index contributed by atoms with van der Waals surface area (Å²) in [4.78, 5) is 47.0. The fourth-order valence-corrected chi connectivity index (χ4v) is 8.24. The lowest BCUT2D eigenvalue weighted by Crippen LogP contribution is -2.49. The van der Waals surface area contributed by atoms with Gasteiger partial charge in [-0.05, 0) is 98.0 Å². The number of urea groups is 1. The number of anilines is 2. The topological polar surface area (TPSA) is 129 Å². The second-order valence-corrected chi connectivity index (χ2v) is 14.0. The molecule has 0 bridgehead atoms. The zero-order valence-electron chi connectivity index (χ0n) is 28.8. The Kier molecular flexibility index (Phi) is 8.66. The molecular weight excluding hydrogens is 651 g/mol. The number of H-pyrrole nitrogens is 1. The molecule has 3 amide bonds. The predicted octanol–water partition coefficient (Wildman–Crippen LogP) is 5.20. The number of benzene rings is 2. The first-order valence-electron chi connectivity index (χ1n) is 17.6. The third kappa shape index (κ3) is 6.19. The molecule has 0 saturated carbocycles. The van der Waals surface area contributed by atoms with Gasteiger partial charge in [-0.15, -0.1) is 0 Å². The summed E-state index contributed by atoms with van der Waals surface area (Å²) in [6, 6.07) is 11.0. The van der Waals surface area contributed by atoms with E-state index < -0.39 is 6.03 Å². The van der Waals surface area contributed by atoms with E-state index in [0.29, 0.717) is 53.0 Å². The maximum Gasteiger partial charge on any atom is 0.329 e. The van der Waals surface area contributed by atoms with Crippen molar-refractivity contribution in [1.29, 1.82) is 0 Å². The van der Waals surface area contributed by atoms with Crippen molar-refractivity contribution in [2.45, 2.75) is 38.6 Å². The van der Waals surface area contributed by atoms with Gasteiger partial charge in [0.05, 0.1) is 18.0 Å². The number of amides is 3. The van der Waals surface area contributed by atoms with Crippen molar-refractivity contribution >= 4 is 45.1 Å². The van der Waals surface area contributed by atoms with Crippen LogP contribution < -0.4 is 25.4 Å². The van der Waals surface area contributed by atoms with Gasteiger partial charge >= 0.3 is 6.03 Å². The van der Waals surface area contributed by atoms with Gasteiger partial charge in [-0.2, -0.15) is 5.10 Å². The Morgan fingerprint density at radius 3 is 2.43 bits per heavy atom. The van der Waals surface area contributed by atoms with Crippen LogP contribution in [-0.4, -0.2) is 76.4 Å². The maximum absolute atomic E-state index is 15.8. The van der Waals surface area contributed by atoms with Gasteiger partial charge in [0.25, 0.3) is 5.56 Å². The van der Waals surface area contributed by atoms with Crippen LogP contribution in [0.2, 0.25) is 0 Å². The van der Waals surface area contributed by atoms with E-state index in [4.69, 9.17) is 4.74 Å². The number of carbonyl (C=O) groups excluding carboxylic acids is 2. The molecule has 0 aliphatic carbocycles. The highest BCUT2D eigenvalue weighted by Crippen LogP contribution is 2.38. The number of carbonyl (C=O) groups is 2. The van der Waals surface area contributed by atoms with E-state index in [1.165, 1.54) is 9.47 Å². The minimum Gasteiger partial charge on any atom is -0.496 e. The average molecular weight is 693 g/mol. The molecule has 6 heterocycles. The average Bonchev–Trinajstić information content (AvgIpc) is 3.57. The number of hydrogen-bond donors (Lipinski definition) is 2. The summed E-state index contributed by atoms with van der Waals surface area (Å²) in [7, 11) is 3.27. The Hall–Kier alpha value is -5.30. The number of aromatic amines is 1. The van der Waals surface area contributed by atoms with Crippen molar-refractivity contribution in [3.8, 4) is 16.9 Å². The largest absolute Gasteiger partial charge is 0.496 e. The SMILES string of the molecule is COc1cc(-c2cn(C)c(=O)c3cnccc23)cc(F)c1CN1CCC(C2CCN(c3ccc4c(N5CCC(=O)NC5=O)n[nH]c4c3)CC2)CC1. The standard InChI is InChI=1S/C38H41FN8O4/c1-44-21-30(27-5-11-40-20-29(27)37(44)49)25-17-32(39)31(34(18-25)51-2)22-45-12-6-23(7-13-45)24-8-14-46(15-9-24)26-3-4-28-33(19-26)42-43-36(28)47-16-10-35(48)41-38(47)50/h3-5,11,17-21,23-24H,6-10,12-16,22H2,1-2H3,(H,42,43)(H,41,48,50). The number of rotatable bonds is 7. The van der Waals surface area contributed by atoms with Gasteiger partial charge in [0.1, 0.15) is 11.6 Å². The molecule has 3 aliphatic heterocycles. The van der Waals surface area contributed by atoms with Crippen LogP contribution in [0.5, 0.6) is 5.75 Å². The summed E-state index contributed by atoms with van der Waals surface area (Å²) in [5, 5.41) is 11.9. The lowest BCUT2D eigenvalue weighted by molar-refractivity contribution is -0.120. The van der Waals surface area contributed by atoms with Gasteiger partial charge < -0.3 is 14.2 Å². The van der Waals surface area contributed by atoms with Gasteiger partial charge in [-0.1, -0.05) is 0 Å². The first-order valence-corrected chi connectivity index (χ1v) is 17.6. The molecule has 264 valence electrons. The van der Waals surface area contributed by atoms with Crippen LogP contribution in [0.4, 0.5) is 20.7 Å². The summed E-state index contributed by atoms with van der Waals surface area (Å²) in [5.74, 6) is 1.77. The van der Waals surface area contributed by atoms with E-state index in [-0.39, 0.29) is 23.7 Å². The number of hydrogen-bond acceptors (Lipinski definition) is 8. The molecule has 0 spiro atoms. The van der Waals surface area contributed by atoms with Crippen LogP contribution in [-0.2, 0) is 18.4 Å². The maximum atomic E-state index is 15.8. The molecule has 13 heteroatoms. The van der Waals surface area contributed by atoms with Crippen LogP contribution in [0, 0.1) is 17.7 Å². The first kappa shape index (κ1) is 32.9.